The molecule has 60 heavy (non-hydrogen) atoms. The van der Waals surface area contributed by atoms with E-state index < -0.39 is 80.1 Å². The highest BCUT2D eigenvalue weighted by molar-refractivity contribution is 8.00. The Kier molecular flexibility index (Phi) is 9.61. The fourth-order valence-electron chi connectivity index (χ4n) is 7.76. The summed E-state index contributed by atoms with van der Waals surface area (Å²) in [6, 6.07) is 9.28. The zero-order valence-electron chi connectivity index (χ0n) is 32.0. The molecule has 0 bridgehead atoms. The lowest BCUT2D eigenvalue weighted by Gasteiger charge is -2.43. The third-order valence-corrected chi connectivity index (χ3v) is 18.1. The van der Waals surface area contributed by atoms with Gasteiger partial charge in [-0.2, -0.15) is 25.3 Å². The Hall–Kier alpha value is -4.30. The van der Waals surface area contributed by atoms with Crippen LogP contribution in [0.15, 0.2) is 60.7 Å². The maximum absolute atomic E-state index is 17.3. The van der Waals surface area contributed by atoms with E-state index in [1.54, 1.807) is 26.2 Å². The van der Waals surface area contributed by atoms with E-state index >= 15 is 8.78 Å². The molecule has 3 aliphatic rings. The van der Waals surface area contributed by atoms with E-state index in [9.17, 15) is 43.7 Å². The van der Waals surface area contributed by atoms with Crippen molar-refractivity contribution in [2.75, 3.05) is 24.7 Å². The molecule has 0 saturated heterocycles. The van der Waals surface area contributed by atoms with Crippen LogP contribution in [0.3, 0.4) is 0 Å². The number of ether oxygens (including phenoxy) is 1. The van der Waals surface area contributed by atoms with Crippen LogP contribution in [0.5, 0.6) is 11.5 Å². The number of thiophene rings is 2. The molecule has 0 atom stereocenters. The van der Waals surface area contributed by atoms with E-state index in [-0.39, 0.29) is 36.3 Å². The molecule has 8 rings (SSSR count). The molecule has 0 spiro atoms. The number of hydrogen-bond donors (Lipinski definition) is 5. The molecule has 6 N–H and O–H groups in total. The van der Waals surface area contributed by atoms with Gasteiger partial charge in [0.25, 0.3) is 10.1 Å². The number of rotatable bonds is 7. The number of nitrogens with zero attached hydrogens (tertiary/aromatic N) is 2. The van der Waals surface area contributed by atoms with Gasteiger partial charge in [0.15, 0.2) is 5.54 Å². The van der Waals surface area contributed by atoms with Crippen molar-refractivity contribution >= 4 is 82.0 Å². The summed E-state index contributed by atoms with van der Waals surface area (Å²) in [5.74, 6) is 1.01. The molecule has 0 fully saturated rings. The van der Waals surface area contributed by atoms with Crippen molar-refractivity contribution in [1.29, 1.82) is 0 Å². The predicted molar refractivity (Wildman–Crippen MR) is 221 cm³/mol. The van der Waals surface area contributed by atoms with Gasteiger partial charge in [0, 0.05) is 75.5 Å². The van der Waals surface area contributed by atoms with Gasteiger partial charge >= 0.3 is 20.2 Å². The van der Waals surface area contributed by atoms with Crippen LogP contribution in [0.4, 0.5) is 14.5 Å². The lowest BCUT2D eigenvalue weighted by Crippen LogP contribution is -2.46. The quantitative estimate of drug-likeness (QED) is 0.0366. The molecule has 2 aromatic heterocycles. The first-order chi connectivity index (χ1) is 27.7. The normalized spacial score (nSPS) is 16.2. The van der Waals surface area contributed by atoms with E-state index in [0.717, 1.165) is 22.7 Å². The Balaban J connectivity index is 1.57. The second-order valence-electron chi connectivity index (χ2n) is 15.2. The Bertz CT molecular complexity index is 3290. The summed E-state index contributed by atoms with van der Waals surface area (Å²) < 4.78 is 148. The second kappa shape index (κ2) is 13.6. The van der Waals surface area contributed by atoms with Crippen LogP contribution in [0, 0.1) is 11.6 Å². The van der Waals surface area contributed by atoms with Crippen molar-refractivity contribution in [1.82, 2.24) is 10.0 Å². The molecule has 5 aromatic rings. The first-order valence-electron chi connectivity index (χ1n) is 17.4. The van der Waals surface area contributed by atoms with Gasteiger partial charge in [0.1, 0.15) is 43.5 Å². The van der Waals surface area contributed by atoms with E-state index in [1.807, 2.05) is 42.6 Å². The molecule has 0 unspecified atom stereocenters. The number of hydrazine groups is 1. The number of carbonyl (C=O) groups excluding carboxylic acids is 1. The molecular weight excluding hydrogens is 907 g/mol. The van der Waals surface area contributed by atoms with Crippen LogP contribution in [0.25, 0.3) is 26.5 Å². The maximum atomic E-state index is 17.3. The number of nitrogens with one attached hydrogen (secondary N) is 1. The number of carbonyl (C=O) groups is 1. The summed E-state index contributed by atoms with van der Waals surface area (Å²) in [5.41, 5.74) is 0.961. The Labute approximate surface area is 354 Å². The average molecular weight is 940 g/mol. The highest BCUT2D eigenvalue weighted by atomic mass is 32.3. The van der Waals surface area contributed by atoms with Crippen LogP contribution >= 0.6 is 34.4 Å². The zero-order valence-corrected chi connectivity index (χ0v) is 36.9. The summed E-state index contributed by atoms with van der Waals surface area (Å²) in [6.45, 7) is 7.29. The standard InChI is InChI=1S/C37H32F2N4O11S6/c1-36(2)19-9-28(58(45,46)47)56-33(19)15-7-17-24(12-22(15)42(36)5)54-25-13-23-16(34-20(37(3,4)43(23)6)10-29(57-34)59(48,49)50)8-18(25)30(17)31-32(39)26(55-14-27(44)41-40)11-21(38)35(31)60(51,52)53/h7-13H,14,40H2,1-6H3,(H3-,41,44,45,46,47,48,49,50,51,52,53)/p+1. The molecule has 0 saturated carbocycles. The first kappa shape index (κ1) is 42.4. The average Bonchev–Trinajstić information content (AvgIpc) is 3.82. The van der Waals surface area contributed by atoms with E-state index in [0.29, 0.717) is 60.9 Å². The number of anilines is 1. The maximum Gasteiger partial charge on any atom is 0.304 e. The number of halogens is 2. The summed E-state index contributed by atoms with van der Waals surface area (Å²) in [6.07, 6.45) is 0. The molecule has 3 aliphatic heterocycles. The van der Waals surface area contributed by atoms with Crippen LogP contribution in [0.2, 0.25) is 0 Å². The van der Waals surface area contributed by atoms with Crippen molar-refractivity contribution in [3.8, 4) is 32.4 Å². The molecule has 316 valence electrons. The van der Waals surface area contributed by atoms with Crippen molar-refractivity contribution in [2.24, 2.45) is 5.84 Å². The van der Waals surface area contributed by atoms with Crippen LogP contribution in [0.1, 0.15) is 49.9 Å². The van der Waals surface area contributed by atoms with Crippen LogP contribution in [-0.4, -0.2) is 64.7 Å². The number of hydrogen-bond acceptors (Lipinski definition) is 13. The highest BCUT2D eigenvalue weighted by Gasteiger charge is 2.44. The largest absolute Gasteiger partial charge is 0.456 e. The Morgan fingerprint density at radius 2 is 1.45 bits per heavy atom. The lowest BCUT2D eigenvalue weighted by atomic mass is 9.83. The van der Waals surface area contributed by atoms with Gasteiger partial charge in [0.05, 0.1) is 27.8 Å². The van der Waals surface area contributed by atoms with Gasteiger partial charge < -0.3 is 9.64 Å². The first-order valence-corrected chi connectivity index (χ1v) is 24.4. The smallest absolute Gasteiger partial charge is 0.304 e. The van der Waals surface area contributed by atoms with Crippen molar-refractivity contribution < 1.29 is 57.2 Å². The van der Waals surface area contributed by atoms with E-state index in [1.165, 1.54) is 24.3 Å². The fourth-order valence-corrected chi connectivity index (χ4v) is 13.3. The number of amides is 1. The van der Waals surface area contributed by atoms with Crippen LogP contribution in [-0.2, 0) is 46.2 Å². The van der Waals surface area contributed by atoms with Crippen LogP contribution < -0.4 is 36.1 Å². The van der Waals surface area contributed by atoms with E-state index in [2.05, 4.69) is 0 Å². The third-order valence-electron chi connectivity index (χ3n) is 11.3. The van der Waals surface area contributed by atoms with Gasteiger partial charge in [-0.15, -0.1) is 34.4 Å². The number of thioether (sulfide) groups is 1. The van der Waals surface area contributed by atoms with Crippen molar-refractivity contribution in [3.05, 3.63) is 86.9 Å². The summed E-state index contributed by atoms with van der Waals surface area (Å²) in [4.78, 5) is 12.7. The Morgan fingerprint density at radius 3 is 2.03 bits per heavy atom. The fraction of sp³-hybridized carbons (Fsp3) is 0.243. The van der Waals surface area contributed by atoms with Gasteiger partial charge in [-0.3, -0.25) is 23.9 Å². The molecular formula is C37H33F2N4O11S6+. The Morgan fingerprint density at radius 1 is 0.850 bits per heavy atom. The molecule has 3 aromatic carbocycles. The van der Waals surface area contributed by atoms with Gasteiger partial charge in [-0.05, 0) is 49.7 Å². The minimum absolute atomic E-state index is 0.0127. The SMILES string of the molecule is CN1c2cc3c(cc2-c2sc(S(=O)(=O)O)cc2C1(C)C)C(c1c(F)c(SCC(=O)NN)cc(F)c1S(=O)(=O)O)=c1cc2c(cc1O3)=[N+](C)C(C)(C)c1cc(S(=O)(=O)O)sc1-2. The third kappa shape index (κ3) is 6.40. The molecule has 0 aliphatic carbocycles. The minimum Gasteiger partial charge on any atom is -0.456 e. The second-order valence-corrected chi connectivity index (χ2v) is 23.0. The highest BCUT2D eigenvalue weighted by Crippen LogP contribution is 2.55. The van der Waals surface area contributed by atoms with Crippen molar-refractivity contribution in [3.63, 3.8) is 0 Å². The minimum atomic E-state index is -5.59. The lowest BCUT2D eigenvalue weighted by molar-refractivity contribution is -0.118. The summed E-state index contributed by atoms with van der Waals surface area (Å²) in [7, 11) is -11.5. The van der Waals surface area contributed by atoms with E-state index in [4.69, 9.17) is 10.6 Å². The van der Waals surface area contributed by atoms with Crippen molar-refractivity contribution in [2.45, 2.75) is 57.0 Å². The zero-order chi connectivity index (χ0) is 44.0. The molecule has 1 amide bonds. The number of fused-ring (bicyclic) bond motifs is 8. The molecule has 23 heteroatoms. The predicted octanol–water partition coefficient (Wildman–Crippen LogP) is 4.65. The van der Waals surface area contributed by atoms with Gasteiger partial charge in [-0.25, -0.2) is 19.2 Å². The number of benzene rings is 3. The molecule has 5 heterocycles. The molecule has 0 radical (unpaired) electrons. The monoisotopic (exact) mass is 939 g/mol. The number of nitrogens with two attached hydrogens (primary N) is 1. The van der Waals surface area contributed by atoms with Gasteiger partial charge in [-0.1, -0.05) is 0 Å². The summed E-state index contributed by atoms with van der Waals surface area (Å²) in [5, 5.41) is 0.440. The topological polar surface area (TPSA) is 234 Å². The van der Waals surface area contributed by atoms with Gasteiger partial charge in [0.2, 0.25) is 11.3 Å². The summed E-state index contributed by atoms with van der Waals surface area (Å²) >= 11 is 2.00. The molecule has 15 nitrogen and oxygen atoms in total.